The molecule has 0 saturated carbocycles. The Morgan fingerprint density at radius 3 is 2.46 bits per heavy atom. The molecule has 6 heteroatoms. The van der Waals surface area contributed by atoms with Crippen molar-refractivity contribution in [1.82, 2.24) is 20.1 Å². The average molecular weight is 327 g/mol. The smallest absolute Gasteiger partial charge is 0.251 e. The lowest BCUT2D eigenvalue weighted by molar-refractivity contribution is 0.0954. The van der Waals surface area contributed by atoms with Gasteiger partial charge in [0, 0.05) is 51.7 Å². The van der Waals surface area contributed by atoms with Crippen molar-refractivity contribution in [2.75, 3.05) is 27.2 Å². The lowest BCUT2D eigenvalue weighted by atomic mass is 10.2. The van der Waals surface area contributed by atoms with E-state index >= 15 is 0 Å². The van der Waals surface area contributed by atoms with Crippen LogP contribution in [0.25, 0.3) is 0 Å². The number of hydrogen-bond donors (Lipinski definition) is 2. The minimum Gasteiger partial charge on any atom is -0.354 e. The third-order valence-electron chi connectivity index (χ3n) is 3.75. The molecular weight excluding hydrogens is 302 g/mol. The predicted octanol–water partition coefficient (Wildman–Crippen LogP) is 1.46. The maximum absolute atomic E-state index is 12.0. The lowest BCUT2D eigenvalue weighted by Gasteiger charge is -2.22. The predicted molar refractivity (Wildman–Crippen MR) is 97.0 cm³/mol. The Balaban J connectivity index is 1.75. The molecule has 1 aromatic heterocycles. The van der Waals surface area contributed by atoms with Crippen LogP contribution in [-0.2, 0) is 13.6 Å². The van der Waals surface area contributed by atoms with Crippen LogP contribution < -0.4 is 10.6 Å². The summed E-state index contributed by atoms with van der Waals surface area (Å²) < 4.78 is 2.09. The van der Waals surface area contributed by atoms with Crippen LogP contribution in [0.4, 0.5) is 0 Å². The minimum atomic E-state index is -0.0652. The highest BCUT2D eigenvalue weighted by atomic mass is 16.1. The molecule has 0 aliphatic heterocycles. The van der Waals surface area contributed by atoms with Crippen LogP contribution in [0.1, 0.15) is 16.1 Å². The average Bonchev–Trinajstić information content (AvgIpc) is 3.00. The SMILES string of the molecule is CN=C(NCCNC(=O)c1ccccc1)N(C)Cc1cccn1C. The molecule has 1 amide bonds. The van der Waals surface area contributed by atoms with E-state index in [4.69, 9.17) is 0 Å². The van der Waals surface area contributed by atoms with E-state index in [1.807, 2.05) is 49.5 Å². The molecule has 2 aromatic rings. The Kier molecular flexibility index (Phi) is 6.42. The number of benzene rings is 1. The number of carbonyl (C=O) groups is 1. The summed E-state index contributed by atoms with van der Waals surface area (Å²) in [7, 11) is 5.77. The van der Waals surface area contributed by atoms with Crippen molar-refractivity contribution in [1.29, 1.82) is 0 Å². The van der Waals surface area contributed by atoms with Crippen LogP contribution >= 0.6 is 0 Å². The van der Waals surface area contributed by atoms with Gasteiger partial charge in [0.1, 0.15) is 0 Å². The highest BCUT2D eigenvalue weighted by Gasteiger charge is 2.08. The van der Waals surface area contributed by atoms with Crippen LogP contribution in [0.2, 0.25) is 0 Å². The number of hydrogen-bond acceptors (Lipinski definition) is 2. The summed E-state index contributed by atoms with van der Waals surface area (Å²) in [5, 5.41) is 6.15. The molecule has 0 fully saturated rings. The Morgan fingerprint density at radius 1 is 1.12 bits per heavy atom. The van der Waals surface area contributed by atoms with Crippen molar-refractivity contribution < 1.29 is 4.79 Å². The van der Waals surface area contributed by atoms with Crippen molar-refractivity contribution in [3.63, 3.8) is 0 Å². The first-order chi connectivity index (χ1) is 11.6. The van der Waals surface area contributed by atoms with Crippen molar-refractivity contribution in [2.45, 2.75) is 6.54 Å². The van der Waals surface area contributed by atoms with Gasteiger partial charge in [0.25, 0.3) is 5.91 Å². The molecule has 1 aromatic carbocycles. The van der Waals surface area contributed by atoms with E-state index in [9.17, 15) is 4.79 Å². The fraction of sp³-hybridized carbons (Fsp3) is 0.333. The van der Waals surface area contributed by atoms with Gasteiger partial charge in [-0.1, -0.05) is 18.2 Å². The number of nitrogens with one attached hydrogen (secondary N) is 2. The summed E-state index contributed by atoms with van der Waals surface area (Å²) in [5.74, 6) is 0.731. The first kappa shape index (κ1) is 17.6. The van der Waals surface area contributed by atoms with Crippen LogP contribution in [0, 0.1) is 0 Å². The van der Waals surface area contributed by atoms with Crippen LogP contribution in [0.15, 0.2) is 53.7 Å². The van der Waals surface area contributed by atoms with Crippen molar-refractivity contribution in [3.8, 4) is 0 Å². The Morgan fingerprint density at radius 2 is 1.83 bits per heavy atom. The fourth-order valence-electron chi connectivity index (χ4n) is 2.41. The number of amides is 1. The van der Waals surface area contributed by atoms with Gasteiger partial charge in [-0.3, -0.25) is 9.79 Å². The summed E-state index contributed by atoms with van der Waals surface area (Å²) in [6.07, 6.45) is 2.03. The molecule has 2 rings (SSSR count). The normalized spacial score (nSPS) is 11.2. The molecule has 0 radical (unpaired) electrons. The molecule has 0 aliphatic rings. The van der Waals surface area contributed by atoms with Gasteiger partial charge in [-0.05, 0) is 24.3 Å². The van der Waals surface area contributed by atoms with Crippen LogP contribution in [0.3, 0.4) is 0 Å². The summed E-state index contributed by atoms with van der Waals surface area (Å²) in [5.41, 5.74) is 1.88. The van der Waals surface area contributed by atoms with Crippen molar-refractivity contribution in [3.05, 3.63) is 59.9 Å². The molecule has 0 aliphatic carbocycles. The molecule has 0 bridgehead atoms. The molecule has 0 atom stereocenters. The van der Waals surface area contributed by atoms with Gasteiger partial charge in [-0.25, -0.2) is 0 Å². The zero-order chi connectivity index (χ0) is 17.4. The number of rotatable bonds is 6. The minimum absolute atomic E-state index is 0.0652. The molecule has 0 unspecified atom stereocenters. The third kappa shape index (κ3) is 4.87. The highest BCUT2D eigenvalue weighted by Crippen LogP contribution is 2.03. The molecule has 24 heavy (non-hydrogen) atoms. The Labute approximate surface area is 143 Å². The highest BCUT2D eigenvalue weighted by molar-refractivity contribution is 5.94. The molecule has 6 nitrogen and oxygen atoms in total. The third-order valence-corrected chi connectivity index (χ3v) is 3.75. The Bertz CT molecular complexity index is 678. The van der Waals surface area contributed by atoms with Gasteiger partial charge in [0.05, 0.1) is 6.54 Å². The number of guanidine groups is 1. The molecule has 2 N–H and O–H groups in total. The number of aromatic nitrogens is 1. The maximum Gasteiger partial charge on any atom is 0.251 e. The lowest BCUT2D eigenvalue weighted by Crippen LogP contribution is -2.42. The molecular formula is C18H25N5O. The van der Waals surface area contributed by atoms with Gasteiger partial charge in [0.2, 0.25) is 0 Å². The summed E-state index contributed by atoms with van der Waals surface area (Å²) >= 11 is 0. The van der Waals surface area contributed by atoms with Crippen molar-refractivity contribution in [2.24, 2.45) is 12.0 Å². The topological polar surface area (TPSA) is 61.7 Å². The number of aliphatic imine (C=N–C) groups is 1. The van der Waals surface area contributed by atoms with Gasteiger partial charge in [0.15, 0.2) is 5.96 Å². The monoisotopic (exact) mass is 327 g/mol. The van der Waals surface area contributed by atoms with Crippen molar-refractivity contribution >= 4 is 11.9 Å². The standard InChI is InChI=1S/C18H25N5O/c1-19-18(23(3)14-16-10-7-13-22(16)2)21-12-11-20-17(24)15-8-5-4-6-9-15/h4-10,13H,11-12,14H2,1-3H3,(H,19,21)(H,20,24). The van der Waals surface area contributed by atoms with Gasteiger partial charge >= 0.3 is 0 Å². The van der Waals surface area contributed by atoms with Gasteiger partial charge < -0.3 is 20.1 Å². The second-order valence-electron chi connectivity index (χ2n) is 5.56. The first-order valence-corrected chi connectivity index (χ1v) is 7.97. The maximum atomic E-state index is 12.0. The molecule has 0 saturated heterocycles. The Hall–Kier alpha value is -2.76. The van der Waals surface area contributed by atoms with Gasteiger partial charge in [-0.2, -0.15) is 0 Å². The first-order valence-electron chi connectivity index (χ1n) is 7.97. The summed E-state index contributed by atoms with van der Waals surface area (Å²) in [6.45, 7) is 1.91. The fourth-order valence-corrected chi connectivity index (χ4v) is 2.41. The van der Waals surface area contributed by atoms with E-state index in [0.717, 1.165) is 12.5 Å². The number of aryl methyl sites for hydroxylation is 1. The van der Waals surface area contributed by atoms with E-state index in [1.54, 1.807) is 19.2 Å². The zero-order valence-corrected chi connectivity index (χ0v) is 14.5. The van der Waals surface area contributed by atoms with Gasteiger partial charge in [-0.15, -0.1) is 0 Å². The van der Waals surface area contributed by atoms with E-state index in [1.165, 1.54) is 5.69 Å². The molecule has 128 valence electrons. The van der Waals surface area contributed by atoms with Crippen LogP contribution in [0.5, 0.6) is 0 Å². The van der Waals surface area contributed by atoms with E-state index in [2.05, 4.69) is 26.3 Å². The summed E-state index contributed by atoms with van der Waals surface area (Å²) in [4.78, 5) is 18.3. The molecule has 0 spiro atoms. The largest absolute Gasteiger partial charge is 0.354 e. The molecule has 1 heterocycles. The van der Waals surface area contributed by atoms with Crippen LogP contribution in [-0.4, -0.2) is 48.5 Å². The van der Waals surface area contributed by atoms with E-state index in [0.29, 0.717) is 18.7 Å². The zero-order valence-electron chi connectivity index (χ0n) is 14.5. The number of nitrogens with zero attached hydrogens (tertiary/aromatic N) is 3. The summed E-state index contributed by atoms with van der Waals surface area (Å²) in [6, 6.07) is 13.3. The number of carbonyl (C=O) groups excluding carboxylic acids is 1. The van der Waals surface area contributed by atoms with E-state index < -0.39 is 0 Å². The quantitative estimate of drug-likeness (QED) is 0.480. The van der Waals surface area contributed by atoms with E-state index in [-0.39, 0.29) is 5.91 Å². The second kappa shape index (κ2) is 8.76. The second-order valence-corrected chi connectivity index (χ2v) is 5.56.